The number of halogens is 1. The lowest BCUT2D eigenvalue weighted by molar-refractivity contribution is -0.385. The molecule has 1 aromatic heterocycles. The van der Waals surface area contributed by atoms with Crippen LogP contribution in [0.15, 0.2) is 55.1 Å². The van der Waals surface area contributed by atoms with Crippen LogP contribution in [-0.4, -0.2) is 38.4 Å². The van der Waals surface area contributed by atoms with Gasteiger partial charge >= 0.3 is 0 Å². The van der Waals surface area contributed by atoms with Gasteiger partial charge in [0.1, 0.15) is 11.4 Å². The Labute approximate surface area is 172 Å². The summed E-state index contributed by atoms with van der Waals surface area (Å²) in [5.41, 5.74) is 1.50. The molecule has 8 nitrogen and oxygen atoms in total. The number of nitro benzene ring substituents is 1. The van der Waals surface area contributed by atoms with E-state index in [0.717, 1.165) is 12.8 Å². The number of nitrogens with one attached hydrogen (secondary N) is 1. The molecule has 0 spiro atoms. The number of carbonyl (C=O) groups excluding carboxylic acids is 1. The SMILES string of the molecule is O=C(c1cc(NCc2ccc(-n3ccnc3)c(F)c2)ccc1[N+](=O)[O-])N1CCCC1. The number of aromatic nitrogens is 2. The second-order valence-corrected chi connectivity index (χ2v) is 7.10. The van der Waals surface area contributed by atoms with Gasteiger partial charge < -0.3 is 14.8 Å². The normalized spacial score (nSPS) is 13.4. The van der Waals surface area contributed by atoms with Crippen molar-refractivity contribution >= 4 is 17.3 Å². The quantitative estimate of drug-likeness (QED) is 0.494. The Morgan fingerprint density at radius 1 is 1.20 bits per heavy atom. The molecule has 154 valence electrons. The van der Waals surface area contributed by atoms with E-state index in [1.807, 2.05) is 0 Å². The smallest absolute Gasteiger partial charge is 0.282 e. The van der Waals surface area contributed by atoms with Crippen molar-refractivity contribution in [3.8, 4) is 5.69 Å². The average Bonchev–Trinajstić information content (AvgIpc) is 3.45. The van der Waals surface area contributed by atoms with Gasteiger partial charge in [-0.25, -0.2) is 9.37 Å². The second kappa shape index (κ2) is 8.32. The number of imidazole rings is 1. The number of carbonyl (C=O) groups is 1. The van der Waals surface area contributed by atoms with Crippen LogP contribution in [0.1, 0.15) is 28.8 Å². The number of nitro groups is 1. The molecule has 30 heavy (non-hydrogen) atoms. The van der Waals surface area contributed by atoms with Gasteiger partial charge in [-0.05, 0) is 42.7 Å². The zero-order chi connectivity index (χ0) is 21.1. The number of hydrogen-bond donors (Lipinski definition) is 1. The number of likely N-dealkylation sites (tertiary alicyclic amines) is 1. The third-order valence-corrected chi connectivity index (χ3v) is 5.11. The first kappa shape index (κ1) is 19.6. The van der Waals surface area contributed by atoms with Gasteiger partial charge in [-0.3, -0.25) is 14.9 Å². The van der Waals surface area contributed by atoms with E-state index in [9.17, 15) is 19.3 Å². The fourth-order valence-electron chi connectivity index (χ4n) is 3.54. The van der Waals surface area contributed by atoms with Crippen LogP contribution in [-0.2, 0) is 6.54 Å². The van der Waals surface area contributed by atoms with E-state index in [1.54, 1.807) is 40.1 Å². The molecular weight excluding hydrogens is 389 g/mol. The van der Waals surface area contributed by atoms with Gasteiger partial charge in [-0.15, -0.1) is 0 Å². The number of benzene rings is 2. The Morgan fingerprint density at radius 2 is 2.00 bits per heavy atom. The van der Waals surface area contributed by atoms with Gasteiger partial charge in [0, 0.05) is 43.8 Å². The van der Waals surface area contributed by atoms with Crippen molar-refractivity contribution < 1.29 is 14.1 Å². The molecule has 2 aromatic carbocycles. The van der Waals surface area contributed by atoms with Gasteiger partial charge in [-0.2, -0.15) is 0 Å². The van der Waals surface area contributed by atoms with Crippen LogP contribution >= 0.6 is 0 Å². The van der Waals surface area contributed by atoms with Gasteiger partial charge in [0.15, 0.2) is 0 Å². The fourth-order valence-corrected chi connectivity index (χ4v) is 3.54. The molecule has 1 aliphatic heterocycles. The second-order valence-electron chi connectivity index (χ2n) is 7.10. The van der Waals surface area contributed by atoms with E-state index in [4.69, 9.17) is 0 Å². The predicted octanol–water partition coefficient (Wildman–Crippen LogP) is 3.77. The highest BCUT2D eigenvalue weighted by atomic mass is 19.1. The number of nitrogens with zero attached hydrogens (tertiary/aromatic N) is 4. The van der Waals surface area contributed by atoms with Crippen molar-refractivity contribution in [3.05, 3.63) is 82.2 Å². The number of anilines is 1. The Morgan fingerprint density at radius 3 is 2.67 bits per heavy atom. The highest BCUT2D eigenvalue weighted by Crippen LogP contribution is 2.26. The molecular formula is C21H20FN5O3. The summed E-state index contributed by atoms with van der Waals surface area (Å²) < 4.78 is 16.0. The van der Waals surface area contributed by atoms with E-state index in [1.165, 1.54) is 24.5 Å². The molecule has 4 rings (SSSR count). The Balaban J connectivity index is 1.52. The van der Waals surface area contributed by atoms with Crippen LogP contribution in [0, 0.1) is 15.9 Å². The first-order chi connectivity index (χ1) is 14.5. The standard InChI is InChI=1S/C21H20FN5O3/c22-18-11-15(3-5-20(18)26-10-7-23-14-26)13-24-16-4-6-19(27(29)30)17(12-16)21(28)25-8-1-2-9-25/h3-7,10-12,14,24H,1-2,8-9,13H2. The van der Waals surface area contributed by atoms with Crippen LogP contribution < -0.4 is 5.32 Å². The maximum Gasteiger partial charge on any atom is 0.282 e. The molecule has 1 fully saturated rings. The summed E-state index contributed by atoms with van der Waals surface area (Å²) in [5, 5.41) is 14.5. The van der Waals surface area contributed by atoms with Crippen molar-refractivity contribution in [2.45, 2.75) is 19.4 Å². The summed E-state index contributed by atoms with van der Waals surface area (Å²) in [6.45, 7) is 1.52. The van der Waals surface area contributed by atoms with Crippen LogP contribution in [0.2, 0.25) is 0 Å². The highest BCUT2D eigenvalue weighted by molar-refractivity contribution is 5.99. The summed E-state index contributed by atoms with van der Waals surface area (Å²) in [6.07, 6.45) is 6.55. The van der Waals surface area contributed by atoms with E-state index < -0.39 is 4.92 Å². The summed E-state index contributed by atoms with van der Waals surface area (Å²) in [7, 11) is 0. The third-order valence-electron chi connectivity index (χ3n) is 5.11. The van der Waals surface area contributed by atoms with Crippen LogP contribution in [0.5, 0.6) is 0 Å². The van der Waals surface area contributed by atoms with Gasteiger partial charge in [-0.1, -0.05) is 6.07 Å². The summed E-state index contributed by atoms with van der Waals surface area (Å²) >= 11 is 0. The lowest BCUT2D eigenvalue weighted by Crippen LogP contribution is -2.28. The maximum absolute atomic E-state index is 14.4. The lowest BCUT2D eigenvalue weighted by atomic mass is 10.1. The molecule has 0 saturated carbocycles. The molecule has 0 atom stereocenters. The Hall–Kier alpha value is -3.75. The molecule has 0 aliphatic carbocycles. The summed E-state index contributed by atoms with van der Waals surface area (Å²) in [4.78, 5) is 29.1. The molecule has 2 heterocycles. The van der Waals surface area contributed by atoms with E-state index >= 15 is 0 Å². The van der Waals surface area contributed by atoms with E-state index in [0.29, 0.717) is 36.6 Å². The largest absolute Gasteiger partial charge is 0.381 e. The molecule has 1 N–H and O–H groups in total. The van der Waals surface area contributed by atoms with Crippen molar-refractivity contribution in [2.24, 2.45) is 0 Å². The minimum atomic E-state index is -0.544. The van der Waals surface area contributed by atoms with Crippen LogP contribution in [0.3, 0.4) is 0 Å². The maximum atomic E-state index is 14.4. The number of rotatable bonds is 6. The Bertz CT molecular complexity index is 1080. The molecule has 0 radical (unpaired) electrons. The minimum Gasteiger partial charge on any atom is -0.381 e. The van der Waals surface area contributed by atoms with Gasteiger partial charge in [0.2, 0.25) is 0 Å². The van der Waals surface area contributed by atoms with Crippen molar-refractivity contribution in [1.29, 1.82) is 0 Å². The zero-order valence-corrected chi connectivity index (χ0v) is 16.1. The number of amides is 1. The van der Waals surface area contributed by atoms with Crippen molar-refractivity contribution in [1.82, 2.24) is 14.5 Å². The first-order valence-electron chi connectivity index (χ1n) is 9.61. The van der Waals surface area contributed by atoms with Crippen molar-refractivity contribution in [3.63, 3.8) is 0 Å². The Kier molecular flexibility index (Phi) is 5.42. The molecule has 0 unspecified atom stereocenters. The summed E-state index contributed by atoms with van der Waals surface area (Å²) in [6, 6.07) is 9.24. The molecule has 3 aromatic rings. The first-order valence-corrected chi connectivity index (χ1v) is 9.61. The molecule has 9 heteroatoms. The van der Waals surface area contributed by atoms with Crippen molar-refractivity contribution in [2.75, 3.05) is 18.4 Å². The van der Waals surface area contributed by atoms with E-state index in [2.05, 4.69) is 10.3 Å². The van der Waals surface area contributed by atoms with Crippen LogP contribution in [0.25, 0.3) is 5.69 Å². The average molecular weight is 409 g/mol. The fraction of sp³-hybridized carbons (Fsp3) is 0.238. The molecule has 0 bridgehead atoms. The van der Waals surface area contributed by atoms with Crippen LogP contribution in [0.4, 0.5) is 15.8 Å². The topological polar surface area (TPSA) is 93.3 Å². The van der Waals surface area contributed by atoms with Gasteiger partial charge in [0.25, 0.3) is 11.6 Å². The third kappa shape index (κ3) is 4.00. The highest BCUT2D eigenvalue weighted by Gasteiger charge is 2.26. The van der Waals surface area contributed by atoms with E-state index in [-0.39, 0.29) is 23.0 Å². The minimum absolute atomic E-state index is 0.0635. The summed E-state index contributed by atoms with van der Waals surface area (Å²) in [5.74, 6) is -0.723. The molecule has 1 saturated heterocycles. The molecule has 1 amide bonds. The predicted molar refractivity (Wildman–Crippen MR) is 109 cm³/mol. The monoisotopic (exact) mass is 409 g/mol. The van der Waals surface area contributed by atoms with Gasteiger partial charge in [0.05, 0.1) is 16.9 Å². The molecule has 1 aliphatic rings. The number of hydrogen-bond acceptors (Lipinski definition) is 5. The lowest BCUT2D eigenvalue weighted by Gasteiger charge is -2.16. The zero-order valence-electron chi connectivity index (χ0n) is 16.1.